The first-order chi connectivity index (χ1) is 7.61. The van der Waals surface area contributed by atoms with E-state index in [0.717, 1.165) is 6.42 Å². The Balaban J connectivity index is 2.64. The number of hydrogen-bond donors (Lipinski definition) is 0. The van der Waals surface area contributed by atoms with Crippen molar-refractivity contribution in [2.75, 3.05) is 0 Å². The van der Waals surface area contributed by atoms with Crippen LogP contribution in [-0.2, 0) is 6.42 Å². The molecule has 2 rings (SSSR count). The number of benzene rings is 1. The van der Waals surface area contributed by atoms with E-state index in [9.17, 15) is 10.1 Å². The second kappa shape index (κ2) is 4.09. The maximum absolute atomic E-state index is 10.9. The van der Waals surface area contributed by atoms with Gasteiger partial charge in [0.1, 0.15) is 5.52 Å². The van der Waals surface area contributed by atoms with Crippen LogP contribution < -0.4 is 0 Å². The molecule has 84 valence electrons. The number of halogens is 1. The number of oxazole rings is 1. The smallest absolute Gasteiger partial charge is 0.293 e. The highest BCUT2D eigenvalue weighted by atomic mass is 35.5. The Hall–Kier alpha value is -1.62. The quantitative estimate of drug-likeness (QED) is 0.609. The van der Waals surface area contributed by atoms with E-state index in [1.54, 1.807) is 6.07 Å². The highest BCUT2D eigenvalue weighted by Crippen LogP contribution is 2.28. The molecular weight excluding hydrogens is 232 g/mol. The van der Waals surface area contributed by atoms with Crippen molar-refractivity contribution in [1.29, 1.82) is 0 Å². The minimum absolute atomic E-state index is 0.00190. The van der Waals surface area contributed by atoms with Crippen molar-refractivity contribution in [2.24, 2.45) is 0 Å². The Morgan fingerprint density at radius 1 is 1.56 bits per heavy atom. The number of rotatable bonds is 3. The minimum atomic E-state index is -0.410. The van der Waals surface area contributed by atoms with Crippen LogP contribution >= 0.6 is 11.6 Å². The van der Waals surface area contributed by atoms with E-state index in [1.807, 2.05) is 6.92 Å². The second-order valence-electron chi connectivity index (χ2n) is 3.42. The van der Waals surface area contributed by atoms with Gasteiger partial charge < -0.3 is 4.42 Å². The largest absolute Gasteiger partial charge is 0.428 e. The summed E-state index contributed by atoms with van der Waals surface area (Å²) in [5, 5.41) is 10.9. The molecule has 1 aromatic carbocycles. The summed E-state index contributed by atoms with van der Waals surface area (Å²) in [6, 6.07) is 3.03. The fraction of sp³-hybridized carbons (Fsp3) is 0.300. The lowest BCUT2D eigenvalue weighted by Gasteiger charge is -2.00. The summed E-state index contributed by atoms with van der Waals surface area (Å²) in [5.74, 6) is 0. The molecule has 0 atom stereocenters. The number of nitro groups is 1. The van der Waals surface area contributed by atoms with E-state index in [-0.39, 0.29) is 11.0 Å². The molecule has 0 bridgehead atoms. The lowest BCUT2D eigenvalue weighted by molar-refractivity contribution is -0.385. The van der Waals surface area contributed by atoms with Crippen LogP contribution in [0.5, 0.6) is 0 Å². The molecule has 0 aliphatic rings. The standard InChI is InChI=1S/C10H9ClN2O3/c1-2-3-6-4-9-7(12-10(11)16-9)5-8(6)13(14)15/h4-5H,2-3H2,1H3. The predicted molar refractivity (Wildman–Crippen MR) is 59.7 cm³/mol. The maximum atomic E-state index is 10.9. The molecule has 0 saturated carbocycles. The zero-order valence-electron chi connectivity index (χ0n) is 8.57. The van der Waals surface area contributed by atoms with E-state index in [1.165, 1.54) is 6.07 Å². The molecule has 6 heteroatoms. The van der Waals surface area contributed by atoms with E-state index in [2.05, 4.69) is 4.98 Å². The Morgan fingerprint density at radius 2 is 2.31 bits per heavy atom. The topological polar surface area (TPSA) is 69.2 Å². The number of fused-ring (bicyclic) bond motifs is 1. The Morgan fingerprint density at radius 3 is 2.94 bits per heavy atom. The van der Waals surface area contributed by atoms with Crippen LogP contribution in [0.2, 0.25) is 5.35 Å². The number of nitro benzene ring substituents is 1. The first kappa shape index (κ1) is 10.9. The van der Waals surface area contributed by atoms with Crippen LogP contribution in [0, 0.1) is 10.1 Å². The molecule has 0 aliphatic carbocycles. The van der Waals surface area contributed by atoms with Crippen molar-refractivity contribution < 1.29 is 9.34 Å². The third kappa shape index (κ3) is 1.86. The molecule has 2 aromatic rings. The summed E-state index contributed by atoms with van der Waals surface area (Å²) in [5.41, 5.74) is 1.61. The minimum Gasteiger partial charge on any atom is -0.428 e. The van der Waals surface area contributed by atoms with Crippen LogP contribution in [0.4, 0.5) is 5.69 Å². The molecule has 0 radical (unpaired) electrons. The van der Waals surface area contributed by atoms with Gasteiger partial charge in [0.15, 0.2) is 5.58 Å². The number of nitrogens with zero attached hydrogens (tertiary/aromatic N) is 2. The van der Waals surface area contributed by atoms with E-state index in [0.29, 0.717) is 23.1 Å². The Kier molecular flexibility index (Phi) is 2.78. The van der Waals surface area contributed by atoms with E-state index < -0.39 is 4.92 Å². The van der Waals surface area contributed by atoms with Crippen molar-refractivity contribution in [2.45, 2.75) is 19.8 Å². The number of hydrogen-bond acceptors (Lipinski definition) is 4. The molecule has 0 fully saturated rings. The van der Waals surface area contributed by atoms with Gasteiger partial charge in [-0.05, 0) is 24.1 Å². The molecule has 0 spiro atoms. The van der Waals surface area contributed by atoms with Crippen LogP contribution in [0.25, 0.3) is 11.1 Å². The fourth-order valence-electron chi connectivity index (χ4n) is 1.62. The number of aryl methyl sites for hydroxylation is 1. The van der Waals surface area contributed by atoms with E-state index >= 15 is 0 Å². The summed E-state index contributed by atoms with van der Waals surface area (Å²) in [6.07, 6.45) is 1.46. The molecule has 0 saturated heterocycles. The van der Waals surface area contributed by atoms with Gasteiger partial charge in [-0.25, -0.2) is 0 Å². The normalized spacial score (nSPS) is 10.9. The Bertz CT molecular complexity index is 550. The molecule has 16 heavy (non-hydrogen) atoms. The third-order valence-electron chi connectivity index (χ3n) is 2.28. The highest BCUT2D eigenvalue weighted by Gasteiger charge is 2.17. The molecule has 0 N–H and O–H groups in total. The zero-order chi connectivity index (χ0) is 11.7. The fourth-order valence-corrected chi connectivity index (χ4v) is 1.79. The lowest BCUT2D eigenvalue weighted by atomic mass is 10.1. The van der Waals surface area contributed by atoms with Gasteiger partial charge in [0, 0.05) is 11.6 Å². The van der Waals surface area contributed by atoms with Crippen LogP contribution in [0.3, 0.4) is 0 Å². The van der Waals surface area contributed by atoms with Gasteiger partial charge in [-0.3, -0.25) is 10.1 Å². The summed E-state index contributed by atoms with van der Waals surface area (Å²) in [7, 11) is 0. The van der Waals surface area contributed by atoms with Crippen LogP contribution in [0.15, 0.2) is 16.5 Å². The SMILES string of the molecule is CCCc1cc2oc(Cl)nc2cc1[N+](=O)[O-]. The van der Waals surface area contributed by atoms with Crippen molar-refractivity contribution in [3.8, 4) is 0 Å². The van der Waals surface area contributed by atoms with Crippen molar-refractivity contribution in [3.63, 3.8) is 0 Å². The third-order valence-corrected chi connectivity index (χ3v) is 2.44. The van der Waals surface area contributed by atoms with Gasteiger partial charge >= 0.3 is 0 Å². The summed E-state index contributed by atoms with van der Waals surface area (Å²) in [6.45, 7) is 1.96. The van der Waals surface area contributed by atoms with Gasteiger partial charge in [-0.1, -0.05) is 13.3 Å². The average Bonchev–Trinajstić information content (AvgIpc) is 2.56. The highest BCUT2D eigenvalue weighted by molar-refractivity contribution is 6.28. The molecule has 0 amide bonds. The zero-order valence-corrected chi connectivity index (χ0v) is 9.32. The Labute approximate surface area is 96.2 Å². The van der Waals surface area contributed by atoms with Crippen LogP contribution in [-0.4, -0.2) is 9.91 Å². The van der Waals surface area contributed by atoms with Crippen molar-refractivity contribution in [1.82, 2.24) is 4.98 Å². The first-order valence-electron chi connectivity index (χ1n) is 4.85. The molecular formula is C10H9ClN2O3. The summed E-state index contributed by atoms with van der Waals surface area (Å²) < 4.78 is 5.12. The van der Waals surface area contributed by atoms with Gasteiger partial charge in [0.2, 0.25) is 0 Å². The monoisotopic (exact) mass is 240 g/mol. The lowest BCUT2D eigenvalue weighted by Crippen LogP contribution is -1.95. The maximum Gasteiger partial charge on any atom is 0.293 e. The summed E-state index contributed by atoms with van der Waals surface area (Å²) >= 11 is 5.60. The molecule has 5 nitrogen and oxygen atoms in total. The van der Waals surface area contributed by atoms with Gasteiger partial charge in [0.05, 0.1) is 4.92 Å². The van der Waals surface area contributed by atoms with E-state index in [4.69, 9.17) is 16.0 Å². The molecule has 0 aliphatic heterocycles. The average molecular weight is 241 g/mol. The molecule has 1 aromatic heterocycles. The second-order valence-corrected chi connectivity index (χ2v) is 3.75. The van der Waals surface area contributed by atoms with Crippen molar-refractivity contribution >= 4 is 28.4 Å². The molecule has 0 unspecified atom stereocenters. The van der Waals surface area contributed by atoms with Gasteiger partial charge in [0.25, 0.3) is 11.0 Å². The molecule has 1 heterocycles. The van der Waals surface area contributed by atoms with Gasteiger partial charge in [-0.15, -0.1) is 0 Å². The predicted octanol–water partition coefficient (Wildman–Crippen LogP) is 3.34. The van der Waals surface area contributed by atoms with Gasteiger partial charge in [-0.2, -0.15) is 4.98 Å². The first-order valence-corrected chi connectivity index (χ1v) is 5.23. The van der Waals surface area contributed by atoms with Crippen molar-refractivity contribution in [3.05, 3.63) is 33.2 Å². The summed E-state index contributed by atoms with van der Waals surface area (Å²) in [4.78, 5) is 14.3. The number of aromatic nitrogens is 1. The van der Waals surface area contributed by atoms with Crippen LogP contribution in [0.1, 0.15) is 18.9 Å².